The quantitative estimate of drug-likeness (QED) is 0.415. The summed E-state index contributed by atoms with van der Waals surface area (Å²) in [5.74, 6) is 0.914. The summed E-state index contributed by atoms with van der Waals surface area (Å²) < 4.78 is 0. The Kier molecular flexibility index (Phi) is 6.53. The van der Waals surface area contributed by atoms with Crippen molar-refractivity contribution in [3.63, 3.8) is 0 Å². The highest BCUT2D eigenvalue weighted by Gasteiger charge is 2.69. The van der Waals surface area contributed by atoms with Crippen LogP contribution in [0, 0.1) is 39.4 Å². The van der Waals surface area contributed by atoms with E-state index in [1.54, 1.807) is 0 Å². The van der Waals surface area contributed by atoms with Crippen LogP contribution < -0.4 is 0 Å². The number of aliphatic hydroxyl groups excluding tert-OH is 3. The number of Topliss-reactive ketones (excluding diaryl/α,β-unsaturated/α-hetero) is 1. The molecule has 2 unspecified atom stereocenters. The minimum absolute atomic E-state index is 0.0140. The van der Waals surface area contributed by atoms with Crippen molar-refractivity contribution in [2.24, 2.45) is 39.4 Å². The number of rotatable bonds is 5. The maximum absolute atomic E-state index is 12.9. The SMILES string of the molecule is C[C@H](C[C@H](O)[C@H](O)C(C)(C)O)C1=C2C[C@H](O)C3[C@@]4(C)CCC(=O)C(C)(C)C4CC[C@]3(C)[C@@]2(C)CC1. The monoisotopic (exact) mass is 490 g/mol. The highest BCUT2D eigenvalue weighted by atomic mass is 16.4. The van der Waals surface area contributed by atoms with E-state index in [9.17, 15) is 25.2 Å². The Bertz CT molecular complexity index is 899. The first kappa shape index (κ1) is 27.3. The second kappa shape index (κ2) is 8.38. The normalized spacial score (nSPS) is 43.8. The van der Waals surface area contributed by atoms with Crippen molar-refractivity contribution in [1.29, 1.82) is 0 Å². The minimum Gasteiger partial charge on any atom is -0.392 e. The molecule has 9 atom stereocenters. The van der Waals surface area contributed by atoms with Gasteiger partial charge in [0.25, 0.3) is 0 Å². The van der Waals surface area contributed by atoms with Gasteiger partial charge in [0, 0.05) is 11.8 Å². The predicted molar refractivity (Wildman–Crippen MR) is 138 cm³/mol. The number of aliphatic hydroxyl groups is 4. The molecule has 0 amide bonds. The Morgan fingerprint density at radius 3 is 2.26 bits per heavy atom. The molecular weight excluding hydrogens is 440 g/mol. The molecule has 0 bridgehead atoms. The van der Waals surface area contributed by atoms with Gasteiger partial charge in [0.15, 0.2) is 0 Å². The summed E-state index contributed by atoms with van der Waals surface area (Å²) in [5.41, 5.74) is 0.895. The minimum atomic E-state index is -1.36. The van der Waals surface area contributed by atoms with Gasteiger partial charge in [-0.1, -0.05) is 52.7 Å². The number of hydrogen-bond donors (Lipinski definition) is 4. The van der Waals surface area contributed by atoms with E-state index in [-0.39, 0.29) is 33.5 Å². The average Bonchev–Trinajstić information content (AvgIpc) is 3.07. The average molecular weight is 491 g/mol. The lowest BCUT2D eigenvalue weighted by Crippen LogP contribution is -2.65. The molecule has 4 N–H and O–H groups in total. The van der Waals surface area contributed by atoms with Crippen molar-refractivity contribution < 1.29 is 25.2 Å². The predicted octanol–water partition coefficient (Wildman–Crippen LogP) is 4.79. The Morgan fingerprint density at radius 1 is 1.03 bits per heavy atom. The number of allylic oxidation sites excluding steroid dienone is 1. The Hall–Kier alpha value is -0.750. The Balaban J connectivity index is 1.68. The Morgan fingerprint density at radius 2 is 1.66 bits per heavy atom. The van der Waals surface area contributed by atoms with E-state index in [2.05, 4.69) is 41.5 Å². The van der Waals surface area contributed by atoms with E-state index in [1.165, 1.54) is 25.0 Å². The van der Waals surface area contributed by atoms with Crippen LogP contribution in [-0.4, -0.2) is 50.1 Å². The zero-order valence-electron chi connectivity index (χ0n) is 23.3. The molecule has 0 aromatic heterocycles. The summed E-state index contributed by atoms with van der Waals surface area (Å²) in [5, 5.41) is 43.0. The molecule has 0 aromatic rings. The first-order valence-electron chi connectivity index (χ1n) is 13.9. The van der Waals surface area contributed by atoms with E-state index in [0.29, 0.717) is 31.0 Å². The fourth-order valence-corrected chi connectivity index (χ4v) is 9.77. The van der Waals surface area contributed by atoms with Crippen LogP contribution >= 0.6 is 0 Å². The molecule has 3 saturated carbocycles. The molecule has 3 fully saturated rings. The van der Waals surface area contributed by atoms with Crippen LogP contribution in [0.2, 0.25) is 0 Å². The van der Waals surface area contributed by atoms with Gasteiger partial charge in [0.2, 0.25) is 0 Å². The van der Waals surface area contributed by atoms with Crippen LogP contribution in [-0.2, 0) is 4.79 Å². The van der Waals surface area contributed by atoms with Crippen LogP contribution in [0.25, 0.3) is 0 Å². The molecule has 4 aliphatic carbocycles. The van der Waals surface area contributed by atoms with Gasteiger partial charge in [-0.2, -0.15) is 0 Å². The summed E-state index contributed by atoms with van der Waals surface area (Å²) in [6.45, 7) is 16.6. The van der Waals surface area contributed by atoms with Gasteiger partial charge in [-0.05, 0) is 92.8 Å². The maximum atomic E-state index is 12.9. The molecule has 0 radical (unpaired) electrons. The van der Waals surface area contributed by atoms with Crippen LogP contribution in [0.1, 0.15) is 107 Å². The van der Waals surface area contributed by atoms with Crippen molar-refractivity contribution >= 4 is 5.78 Å². The van der Waals surface area contributed by atoms with Crippen molar-refractivity contribution in [3.8, 4) is 0 Å². The van der Waals surface area contributed by atoms with Gasteiger partial charge < -0.3 is 20.4 Å². The zero-order valence-corrected chi connectivity index (χ0v) is 23.3. The van der Waals surface area contributed by atoms with Gasteiger partial charge in [-0.15, -0.1) is 0 Å². The smallest absolute Gasteiger partial charge is 0.138 e. The number of ketones is 1. The van der Waals surface area contributed by atoms with E-state index >= 15 is 0 Å². The second-order valence-electron chi connectivity index (χ2n) is 14.5. The third-order valence-corrected chi connectivity index (χ3v) is 11.9. The lowest BCUT2D eigenvalue weighted by Gasteiger charge is -2.69. The van der Waals surface area contributed by atoms with Crippen molar-refractivity contribution in [2.45, 2.75) is 131 Å². The Labute approximate surface area is 212 Å². The van der Waals surface area contributed by atoms with Crippen LogP contribution in [0.4, 0.5) is 0 Å². The molecule has 4 rings (SSSR count). The maximum Gasteiger partial charge on any atom is 0.138 e. The van der Waals surface area contributed by atoms with Crippen molar-refractivity contribution in [2.75, 3.05) is 0 Å². The van der Waals surface area contributed by atoms with E-state index in [1.807, 2.05) is 0 Å². The number of carbonyl (C=O) groups is 1. The summed E-state index contributed by atoms with van der Waals surface area (Å²) in [4.78, 5) is 12.9. The third-order valence-electron chi connectivity index (χ3n) is 11.9. The molecule has 5 heteroatoms. The first-order valence-corrected chi connectivity index (χ1v) is 13.9. The van der Waals surface area contributed by atoms with Crippen LogP contribution in [0.3, 0.4) is 0 Å². The first-order chi connectivity index (χ1) is 15.9. The summed E-state index contributed by atoms with van der Waals surface area (Å²) in [7, 11) is 0. The largest absolute Gasteiger partial charge is 0.392 e. The zero-order chi connectivity index (χ0) is 26.4. The molecule has 0 spiro atoms. The summed E-state index contributed by atoms with van der Waals surface area (Å²) >= 11 is 0. The number of fused-ring (bicyclic) bond motifs is 5. The van der Waals surface area contributed by atoms with Crippen LogP contribution in [0.5, 0.6) is 0 Å². The van der Waals surface area contributed by atoms with Gasteiger partial charge in [-0.25, -0.2) is 0 Å². The molecule has 0 saturated heterocycles. The molecular formula is C30H50O5. The number of hydrogen-bond acceptors (Lipinski definition) is 5. The lowest BCUT2D eigenvalue weighted by molar-refractivity contribution is -0.208. The van der Waals surface area contributed by atoms with Gasteiger partial charge in [-0.3, -0.25) is 4.79 Å². The van der Waals surface area contributed by atoms with Crippen molar-refractivity contribution in [1.82, 2.24) is 0 Å². The van der Waals surface area contributed by atoms with Gasteiger partial charge >= 0.3 is 0 Å². The summed E-state index contributed by atoms with van der Waals surface area (Å²) in [6.07, 6.45) is 3.96. The highest BCUT2D eigenvalue weighted by Crippen LogP contribution is 2.74. The fraction of sp³-hybridized carbons (Fsp3) is 0.900. The molecule has 35 heavy (non-hydrogen) atoms. The molecule has 0 aromatic carbocycles. The molecule has 0 aliphatic heterocycles. The van der Waals surface area contributed by atoms with Crippen molar-refractivity contribution in [3.05, 3.63) is 11.1 Å². The van der Waals surface area contributed by atoms with Crippen LogP contribution in [0.15, 0.2) is 11.1 Å². The summed E-state index contributed by atoms with van der Waals surface area (Å²) in [6, 6.07) is 0. The molecule has 0 heterocycles. The van der Waals surface area contributed by atoms with Gasteiger partial charge in [0.05, 0.1) is 17.8 Å². The highest BCUT2D eigenvalue weighted by molar-refractivity contribution is 5.85. The van der Waals surface area contributed by atoms with E-state index in [4.69, 9.17) is 0 Å². The molecule has 200 valence electrons. The topological polar surface area (TPSA) is 98.0 Å². The third kappa shape index (κ3) is 3.82. The molecule has 5 nitrogen and oxygen atoms in total. The standard InChI is InChI=1S/C30H50O5/c1-17(15-21(32)25(34)27(4,5)35)18-9-13-29(7)19(18)16-20(31)24-28(6)12-11-23(33)26(2,3)22(28)10-14-30(24,29)8/h17,20-22,24-25,31-32,34-35H,9-16H2,1-8H3/t17-,20+,21+,22?,24?,25+,28+,29+,30+/m1/s1. The fourth-order valence-electron chi connectivity index (χ4n) is 9.77. The molecule has 4 aliphatic rings. The lowest BCUT2D eigenvalue weighted by atomic mass is 9.36. The van der Waals surface area contributed by atoms with E-state index < -0.39 is 23.9 Å². The second-order valence-corrected chi connectivity index (χ2v) is 14.5. The van der Waals surface area contributed by atoms with Gasteiger partial charge in [0.1, 0.15) is 11.9 Å². The number of carbonyl (C=O) groups excluding carboxylic acids is 1. The van der Waals surface area contributed by atoms with E-state index in [0.717, 1.165) is 32.1 Å².